The van der Waals surface area contributed by atoms with E-state index in [1.165, 1.54) is 22.7 Å². The average molecular weight is 451 g/mol. The van der Waals surface area contributed by atoms with Gasteiger partial charge >= 0.3 is 0 Å². The second kappa shape index (κ2) is 9.10. The first-order valence-electron chi connectivity index (χ1n) is 9.12. The summed E-state index contributed by atoms with van der Waals surface area (Å²) in [6, 6.07) is 1.57. The second-order valence-corrected chi connectivity index (χ2v) is 9.85. The Hall–Kier alpha value is -2.17. The third-order valence-electron chi connectivity index (χ3n) is 4.61. The molecule has 0 saturated heterocycles. The van der Waals surface area contributed by atoms with Gasteiger partial charge in [-0.15, -0.1) is 22.7 Å². The molecule has 3 heterocycles. The Bertz CT molecular complexity index is 1120. The minimum absolute atomic E-state index is 0.0502. The van der Waals surface area contributed by atoms with Gasteiger partial charge in [-0.3, -0.25) is 14.4 Å². The molecule has 0 saturated carbocycles. The van der Waals surface area contributed by atoms with Crippen LogP contribution in [0.15, 0.2) is 21.4 Å². The number of nitrogens with two attached hydrogens (primary N) is 1. The van der Waals surface area contributed by atoms with Crippen molar-refractivity contribution >= 4 is 61.5 Å². The van der Waals surface area contributed by atoms with E-state index in [-0.39, 0.29) is 22.8 Å². The first-order chi connectivity index (χ1) is 13.8. The van der Waals surface area contributed by atoms with Crippen molar-refractivity contribution in [3.63, 3.8) is 0 Å². The molecule has 0 bridgehead atoms. The van der Waals surface area contributed by atoms with Crippen LogP contribution >= 0.6 is 34.4 Å². The Morgan fingerprint density at radius 2 is 2.17 bits per heavy atom. The van der Waals surface area contributed by atoms with Gasteiger partial charge in [0.25, 0.3) is 11.5 Å². The highest BCUT2D eigenvalue weighted by Gasteiger charge is 2.18. The van der Waals surface area contributed by atoms with Crippen LogP contribution < -0.4 is 16.6 Å². The molecule has 1 atom stereocenters. The largest absolute Gasteiger partial charge is 0.366 e. The predicted molar refractivity (Wildman–Crippen MR) is 120 cm³/mol. The SMILES string of the molecule is CC[C@@H](C)Cc1c(C)sc2nc(SCC(=O)Nc3sccc3C(N)=O)[nH]c(=O)c12. The van der Waals surface area contributed by atoms with E-state index in [2.05, 4.69) is 29.1 Å². The Balaban J connectivity index is 1.74. The zero-order chi connectivity index (χ0) is 21.1. The molecule has 0 aliphatic rings. The van der Waals surface area contributed by atoms with Gasteiger partial charge in [0.05, 0.1) is 16.7 Å². The summed E-state index contributed by atoms with van der Waals surface area (Å²) in [5.74, 6) is -0.352. The monoisotopic (exact) mass is 450 g/mol. The lowest BCUT2D eigenvalue weighted by molar-refractivity contribution is -0.113. The highest BCUT2D eigenvalue weighted by atomic mass is 32.2. The van der Waals surface area contributed by atoms with Crippen molar-refractivity contribution in [3.05, 3.63) is 37.8 Å². The van der Waals surface area contributed by atoms with E-state index < -0.39 is 5.91 Å². The fourth-order valence-corrected chi connectivity index (χ4v) is 5.44. The van der Waals surface area contributed by atoms with Gasteiger partial charge in [0.1, 0.15) is 9.83 Å². The van der Waals surface area contributed by atoms with Crippen LogP contribution in [0, 0.1) is 12.8 Å². The number of aromatic nitrogens is 2. The van der Waals surface area contributed by atoms with Crippen LogP contribution in [-0.2, 0) is 11.2 Å². The van der Waals surface area contributed by atoms with Gasteiger partial charge in [0.2, 0.25) is 5.91 Å². The topological polar surface area (TPSA) is 118 Å². The van der Waals surface area contributed by atoms with Gasteiger partial charge in [-0.05, 0) is 36.3 Å². The lowest BCUT2D eigenvalue weighted by Gasteiger charge is -2.08. The third kappa shape index (κ3) is 4.88. The van der Waals surface area contributed by atoms with E-state index in [9.17, 15) is 14.4 Å². The molecule has 3 aromatic heterocycles. The summed E-state index contributed by atoms with van der Waals surface area (Å²) >= 11 is 3.88. The molecule has 0 spiro atoms. The molecule has 7 nitrogen and oxygen atoms in total. The number of carbonyl (C=O) groups excluding carboxylic acids is 2. The van der Waals surface area contributed by atoms with E-state index in [0.29, 0.717) is 26.3 Å². The number of aryl methyl sites for hydroxylation is 1. The quantitative estimate of drug-likeness (QED) is 0.357. The third-order valence-corrected chi connectivity index (χ3v) is 7.36. The van der Waals surface area contributed by atoms with Gasteiger partial charge in [0, 0.05) is 4.88 Å². The number of amides is 2. The summed E-state index contributed by atoms with van der Waals surface area (Å²) in [5.41, 5.74) is 6.46. The van der Waals surface area contributed by atoms with Gasteiger partial charge in [-0.2, -0.15) is 0 Å². The molecule has 154 valence electrons. The van der Waals surface area contributed by atoms with Crippen molar-refractivity contribution in [2.24, 2.45) is 11.7 Å². The summed E-state index contributed by atoms with van der Waals surface area (Å²) in [4.78, 5) is 45.4. The van der Waals surface area contributed by atoms with E-state index in [4.69, 9.17) is 5.73 Å². The van der Waals surface area contributed by atoms with Crippen LogP contribution in [0.4, 0.5) is 5.00 Å². The van der Waals surface area contributed by atoms with Gasteiger partial charge in [-0.25, -0.2) is 4.98 Å². The minimum atomic E-state index is -0.591. The van der Waals surface area contributed by atoms with Gasteiger partial charge in [0.15, 0.2) is 5.16 Å². The summed E-state index contributed by atoms with van der Waals surface area (Å²) in [7, 11) is 0. The number of H-pyrrole nitrogens is 1. The number of hydrogen-bond donors (Lipinski definition) is 3. The number of hydrogen-bond acceptors (Lipinski definition) is 7. The van der Waals surface area contributed by atoms with E-state index >= 15 is 0 Å². The Kier molecular flexibility index (Phi) is 6.76. The molecule has 0 fully saturated rings. The van der Waals surface area contributed by atoms with Gasteiger partial charge < -0.3 is 16.0 Å². The standard InChI is InChI=1S/C19H22N4O3S3/c1-4-9(2)7-12-10(3)29-18-14(12)16(26)22-19(23-18)28-8-13(24)21-17-11(15(20)25)5-6-27-17/h5-6,9H,4,7-8H2,1-3H3,(H2,20,25)(H,21,24)(H,22,23,26)/t9-/m1/s1. The van der Waals surface area contributed by atoms with Crippen LogP contribution in [0.25, 0.3) is 10.2 Å². The lowest BCUT2D eigenvalue weighted by atomic mass is 9.98. The van der Waals surface area contributed by atoms with Crippen molar-refractivity contribution in [2.45, 2.75) is 38.8 Å². The zero-order valence-corrected chi connectivity index (χ0v) is 18.8. The number of carbonyl (C=O) groups is 2. The van der Waals surface area contributed by atoms with Crippen LogP contribution in [0.3, 0.4) is 0 Å². The fourth-order valence-electron chi connectivity index (χ4n) is 2.86. The fraction of sp³-hybridized carbons (Fsp3) is 0.368. The molecule has 0 aliphatic heterocycles. The number of thioether (sulfide) groups is 1. The van der Waals surface area contributed by atoms with Crippen molar-refractivity contribution in [1.82, 2.24) is 9.97 Å². The molecule has 3 rings (SSSR count). The summed E-state index contributed by atoms with van der Waals surface area (Å²) < 4.78 is 0. The Morgan fingerprint density at radius 3 is 2.86 bits per heavy atom. The van der Waals surface area contributed by atoms with Gasteiger partial charge in [-0.1, -0.05) is 32.0 Å². The number of nitrogens with zero attached hydrogens (tertiary/aromatic N) is 1. The Morgan fingerprint density at radius 1 is 1.41 bits per heavy atom. The summed E-state index contributed by atoms with van der Waals surface area (Å²) in [6.45, 7) is 6.32. The number of anilines is 1. The molecule has 29 heavy (non-hydrogen) atoms. The maximum atomic E-state index is 12.7. The first kappa shape index (κ1) is 21.5. The number of thiophene rings is 2. The number of primary amides is 1. The molecular formula is C19H22N4O3S3. The molecule has 0 unspecified atom stereocenters. The van der Waals surface area contributed by atoms with E-state index in [0.717, 1.165) is 35.0 Å². The van der Waals surface area contributed by atoms with Crippen molar-refractivity contribution in [3.8, 4) is 0 Å². The number of fused-ring (bicyclic) bond motifs is 1. The van der Waals surface area contributed by atoms with Crippen LogP contribution in [-0.4, -0.2) is 27.5 Å². The van der Waals surface area contributed by atoms with Crippen molar-refractivity contribution in [1.29, 1.82) is 0 Å². The molecular weight excluding hydrogens is 428 g/mol. The molecule has 3 aromatic rings. The molecule has 10 heteroatoms. The van der Waals surface area contributed by atoms with Crippen LogP contribution in [0.2, 0.25) is 0 Å². The predicted octanol–water partition coefficient (Wildman–Crippen LogP) is 3.77. The lowest BCUT2D eigenvalue weighted by Crippen LogP contribution is -2.18. The molecule has 4 N–H and O–H groups in total. The average Bonchev–Trinajstić information content (AvgIpc) is 3.24. The summed E-state index contributed by atoms with van der Waals surface area (Å²) in [5, 5.41) is 5.84. The summed E-state index contributed by atoms with van der Waals surface area (Å²) in [6.07, 6.45) is 1.90. The van der Waals surface area contributed by atoms with E-state index in [1.807, 2.05) is 6.92 Å². The Labute approximate surface area is 180 Å². The molecule has 0 aliphatic carbocycles. The second-order valence-electron chi connectivity index (χ2n) is 6.77. The molecule has 0 radical (unpaired) electrons. The molecule has 0 aromatic carbocycles. The number of rotatable bonds is 8. The minimum Gasteiger partial charge on any atom is -0.366 e. The van der Waals surface area contributed by atoms with Crippen LogP contribution in [0.1, 0.15) is 41.1 Å². The first-order valence-corrected chi connectivity index (χ1v) is 11.8. The number of aromatic amines is 1. The number of nitrogens with one attached hydrogen (secondary N) is 2. The van der Waals surface area contributed by atoms with E-state index in [1.54, 1.807) is 11.4 Å². The normalized spacial score (nSPS) is 12.2. The van der Waals surface area contributed by atoms with Crippen molar-refractivity contribution in [2.75, 3.05) is 11.1 Å². The maximum absolute atomic E-state index is 12.7. The zero-order valence-electron chi connectivity index (χ0n) is 16.3. The molecule has 2 amide bonds. The van der Waals surface area contributed by atoms with Crippen molar-refractivity contribution < 1.29 is 9.59 Å². The highest BCUT2D eigenvalue weighted by Crippen LogP contribution is 2.30. The smallest absolute Gasteiger partial charge is 0.260 e. The maximum Gasteiger partial charge on any atom is 0.260 e. The van der Waals surface area contributed by atoms with Crippen LogP contribution in [0.5, 0.6) is 0 Å². The highest BCUT2D eigenvalue weighted by molar-refractivity contribution is 7.99.